The van der Waals surface area contributed by atoms with E-state index in [-0.39, 0.29) is 30.0 Å². The maximum atomic E-state index is 13.0. The van der Waals surface area contributed by atoms with Crippen LogP contribution in [0.2, 0.25) is 0 Å². The number of guanidine groups is 1. The lowest BCUT2D eigenvalue weighted by Gasteiger charge is -2.38. The van der Waals surface area contributed by atoms with Crippen LogP contribution in [0, 0.1) is 0 Å². The Morgan fingerprint density at radius 3 is 2.44 bits per heavy atom. The number of hydrogen-bond acceptors (Lipinski definition) is 4. The third kappa shape index (κ3) is 6.50. The van der Waals surface area contributed by atoms with E-state index in [1.807, 2.05) is 38.4 Å². The number of nitrogens with zero attached hydrogens (tertiary/aromatic N) is 6. The van der Waals surface area contributed by atoms with Crippen LogP contribution in [0.3, 0.4) is 0 Å². The molecule has 178 valence electrons. The summed E-state index contributed by atoms with van der Waals surface area (Å²) in [6, 6.07) is 5.66. The predicted molar refractivity (Wildman–Crippen MR) is 132 cm³/mol. The van der Waals surface area contributed by atoms with Gasteiger partial charge in [-0.05, 0) is 32.3 Å². The van der Waals surface area contributed by atoms with E-state index >= 15 is 0 Å². The standard InChI is InChI=1S/C21H30F3N7.HI/c1-25-20(26-14-19(28(2)3)16-13-27-29(4)15-16)31-10-8-30(9-11-31)18-7-5-6-17(12-18)21(22,23)24;/h5-7,12-13,15,19H,8-11,14H2,1-4H3,(H,25,26);1H. The highest BCUT2D eigenvalue weighted by Gasteiger charge is 2.31. The zero-order valence-electron chi connectivity index (χ0n) is 18.8. The third-order valence-electron chi connectivity index (χ3n) is 5.52. The van der Waals surface area contributed by atoms with E-state index in [9.17, 15) is 13.2 Å². The van der Waals surface area contributed by atoms with Crippen LogP contribution >= 0.6 is 24.0 Å². The Hall–Kier alpha value is -2.02. The first-order valence-electron chi connectivity index (χ1n) is 10.2. The Balaban J connectivity index is 0.00000363. The van der Waals surface area contributed by atoms with Crippen LogP contribution < -0.4 is 10.2 Å². The predicted octanol–water partition coefficient (Wildman–Crippen LogP) is 3.06. The van der Waals surface area contributed by atoms with Crippen molar-refractivity contribution in [1.82, 2.24) is 24.9 Å². The number of nitrogens with one attached hydrogen (secondary N) is 1. The number of alkyl halides is 3. The van der Waals surface area contributed by atoms with Crippen LogP contribution in [0.5, 0.6) is 0 Å². The summed E-state index contributed by atoms with van der Waals surface area (Å²) in [5, 5.41) is 7.70. The Morgan fingerprint density at radius 2 is 1.91 bits per heavy atom. The smallest absolute Gasteiger partial charge is 0.368 e. The van der Waals surface area contributed by atoms with Gasteiger partial charge in [0.2, 0.25) is 0 Å². The number of aryl methyl sites for hydroxylation is 1. The summed E-state index contributed by atoms with van der Waals surface area (Å²) in [5.74, 6) is 0.791. The number of piperazine rings is 1. The van der Waals surface area contributed by atoms with E-state index in [4.69, 9.17) is 0 Å². The van der Waals surface area contributed by atoms with Crippen molar-refractivity contribution in [3.05, 3.63) is 47.8 Å². The van der Waals surface area contributed by atoms with Crippen LogP contribution in [-0.4, -0.2) is 79.4 Å². The molecule has 1 fully saturated rings. The SMILES string of the molecule is CN=C(NCC(c1cnn(C)c1)N(C)C)N1CCN(c2cccc(C(F)(F)F)c2)CC1.I. The fraction of sp³-hybridized carbons (Fsp3) is 0.524. The van der Waals surface area contributed by atoms with Crippen molar-refractivity contribution >= 4 is 35.6 Å². The highest BCUT2D eigenvalue weighted by molar-refractivity contribution is 14.0. The number of halogens is 4. The summed E-state index contributed by atoms with van der Waals surface area (Å²) in [6.45, 7) is 3.27. The molecule has 2 heterocycles. The molecule has 0 radical (unpaired) electrons. The molecule has 1 aliphatic rings. The quantitative estimate of drug-likeness (QED) is 0.344. The molecule has 1 N–H and O–H groups in total. The van der Waals surface area contributed by atoms with E-state index in [0.717, 1.165) is 17.6 Å². The molecule has 0 bridgehead atoms. The van der Waals surface area contributed by atoms with Gasteiger partial charge in [0.15, 0.2) is 5.96 Å². The van der Waals surface area contributed by atoms with E-state index in [2.05, 4.69) is 25.2 Å². The van der Waals surface area contributed by atoms with Crippen molar-refractivity contribution in [2.24, 2.45) is 12.0 Å². The molecular weight excluding hydrogens is 534 g/mol. The van der Waals surface area contributed by atoms with E-state index in [0.29, 0.717) is 38.4 Å². The molecule has 1 atom stereocenters. The third-order valence-corrected chi connectivity index (χ3v) is 5.52. The van der Waals surface area contributed by atoms with Gasteiger partial charge in [0, 0.05) is 64.3 Å². The normalized spacial score (nSPS) is 16.2. The van der Waals surface area contributed by atoms with Crippen molar-refractivity contribution in [2.75, 3.05) is 58.8 Å². The van der Waals surface area contributed by atoms with Crippen LogP contribution in [0.25, 0.3) is 0 Å². The van der Waals surface area contributed by atoms with Gasteiger partial charge in [-0.3, -0.25) is 9.67 Å². The summed E-state index contributed by atoms with van der Waals surface area (Å²) in [4.78, 5) is 10.7. The topological polar surface area (TPSA) is 51.9 Å². The first-order chi connectivity index (χ1) is 14.7. The lowest BCUT2D eigenvalue weighted by molar-refractivity contribution is -0.137. The molecule has 11 heteroatoms. The molecule has 0 aliphatic carbocycles. The average molecular weight is 565 g/mol. The fourth-order valence-corrected chi connectivity index (χ4v) is 3.79. The van der Waals surface area contributed by atoms with Gasteiger partial charge < -0.3 is 20.0 Å². The van der Waals surface area contributed by atoms with E-state index in [1.54, 1.807) is 17.8 Å². The number of aromatic nitrogens is 2. The lowest BCUT2D eigenvalue weighted by Crippen LogP contribution is -2.53. The molecule has 1 aliphatic heterocycles. The highest BCUT2D eigenvalue weighted by atomic mass is 127. The summed E-state index contributed by atoms with van der Waals surface area (Å²) >= 11 is 0. The van der Waals surface area contributed by atoms with E-state index in [1.165, 1.54) is 12.1 Å². The van der Waals surface area contributed by atoms with Crippen molar-refractivity contribution in [1.29, 1.82) is 0 Å². The zero-order valence-corrected chi connectivity index (χ0v) is 21.1. The van der Waals surface area contributed by atoms with Crippen LogP contribution in [0.4, 0.5) is 18.9 Å². The minimum atomic E-state index is -4.33. The van der Waals surface area contributed by atoms with Gasteiger partial charge in [-0.15, -0.1) is 24.0 Å². The molecular formula is C21H31F3IN7. The van der Waals surface area contributed by atoms with Gasteiger partial charge in [-0.1, -0.05) is 6.07 Å². The molecule has 0 saturated carbocycles. The Morgan fingerprint density at radius 1 is 1.22 bits per heavy atom. The maximum Gasteiger partial charge on any atom is 0.416 e. The van der Waals surface area contributed by atoms with Gasteiger partial charge in [0.1, 0.15) is 0 Å². The number of aliphatic imine (C=N–C) groups is 1. The molecule has 1 aromatic heterocycles. The fourth-order valence-electron chi connectivity index (χ4n) is 3.79. The molecule has 1 saturated heterocycles. The lowest BCUT2D eigenvalue weighted by atomic mass is 10.1. The largest absolute Gasteiger partial charge is 0.416 e. The van der Waals surface area contributed by atoms with Crippen LogP contribution in [0.1, 0.15) is 17.2 Å². The monoisotopic (exact) mass is 565 g/mol. The minimum Gasteiger partial charge on any atom is -0.368 e. The molecule has 0 amide bonds. The Bertz CT molecular complexity index is 890. The Labute approximate surface area is 204 Å². The van der Waals surface area contributed by atoms with Gasteiger partial charge in [-0.25, -0.2) is 0 Å². The molecule has 32 heavy (non-hydrogen) atoms. The number of likely N-dealkylation sites (N-methyl/N-ethyl adjacent to an activating group) is 1. The van der Waals surface area contributed by atoms with Gasteiger partial charge >= 0.3 is 6.18 Å². The first kappa shape index (κ1) is 26.2. The van der Waals surface area contributed by atoms with E-state index < -0.39 is 11.7 Å². The summed E-state index contributed by atoms with van der Waals surface area (Å²) in [6.07, 6.45) is -0.465. The van der Waals surface area contributed by atoms with Crippen molar-refractivity contribution < 1.29 is 13.2 Å². The molecule has 2 aromatic rings. The first-order valence-corrected chi connectivity index (χ1v) is 10.2. The second-order valence-electron chi connectivity index (χ2n) is 7.88. The molecule has 1 unspecified atom stereocenters. The molecule has 3 rings (SSSR count). The second kappa shape index (κ2) is 11.2. The molecule has 1 aromatic carbocycles. The summed E-state index contributed by atoms with van der Waals surface area (Å²) < 4.78 is 40.8. The van der Waals surface area contributed by atoms with Crippen molar-refractivity contribution in [2.45, 2.75) is 12.2 Å². The summed E-state index contributed by atoms with van der Waals surface area (Å²) in [7, 11) is 7.69. The molecule has 7 nitrogen and oxygen atoms in total. The Kier molecular flexibility index (Phi) is 9.19. The minimum absolute atomic E-state index is 0. The average Bonchev–Trinajstić information content (AvgIpc) is 3.16. The zero-order chi connectivity index (χ0) is 22.6. The van der Waals surface area contributed by atoms with Gasteiger partial charge in [0.05, 0.1) is 17.8 Å². The van der Waals surface area contributed by atoms with Crippen LogP contribution in [-0.2, 0) is 13.2 Å². The number of hydrogen-bond donors (Lipinski definition) is 1. The summed E-state index contributed by atoms with van der Waals surface area (Å²) in [5.41, 5.74) is 1.10. The van der Waals surface area contributed by atoms with Crippen LogP contribution in [0.15, 0.2) is 41.7 Å². The number of benzene rings is 1. The number of rotatable bonds is 5. The van der Waals surface area contributed by atoms with Gasteiger partial charge in [-0.2, -0.15) is 18.3 Å². The van der Waals surface area contributed by atoms with Gasteiger partial charge in [0.25, 0.3) is 0 Å². The molecule has 0 spiro atoms. The number of anilines is 1. The maximum absolute atomic E-state index is 13.0. The second-order valence-corrected chi connectivity index (χ2v) is 7.88. The van der Waals surface area contributed by atoms with Crippen molar-refractivity contribution in [3.63, 3.8) is 0 Å². The highest BCUT2D eigenvalue weighted by Crippen LogP contribution is 2.31. The van der Waals surface area contributed by atoms with Crippen molar-refractivity contribution in [3.8, 4) is 0 Å².